The lowest BCUT2D eigenvalue weighted by atomic mass is 9.41. The van der Waals surface area contributed by atoms with Crippen molar-refractivity contribution in [2.45, 2.75) is 122 Å². The van der Waals surface area contributed by atoms with Gasteiger partial charge in [-0.25, -0.2) is 0 Å². The number of methoxy groups -OCH3 is 1. The van der Waals surface area contributed by atoms with Crippen molar-refractivity contribution >= 4 is 5.97 Å². The van der Waals surface area contributed by atoms with Crippen LogP contribution >= 0.6 is 0 Å². The first-order valence-electron chi connectivity index (χ1n) is 17.3. The Labute approximate surface area is 265 Å². The fraction of sp³-hybridized carbons (Fsp3) is 0.811. The minimum absolute atomic E-state index is 0.137. The second kappa shape index (κ2) is 12.5. The largest absolute Gasteiger partial charge is 0.494 e. The lowest BCUT2D eigenvalue weighted by Gasteiger charge is -2.64. The van der Waals surface area contributed by atoms with Gasteiger partial charge in [0.25, 0.3) is 0 Å². The molecule has 1 aliphatic heterocycles. The summed E-state index contributed by atoms with van der Waals surface area (Å²) in [7, 11) is 1.73. The molecule has 4 saturated carbocycles. The molecule has 44 heavy (non-hydrogen) atoms. The van der Waals surface area contributed by atoms with Gasteiger partial charge in [-0.15, -0.1) is 0 Å². The third-order valence-corrected chi connectivity index (χ3v) is 12.3. The second-order valence-corrected chi connectivity index (χ2v) is 16.0. The first kappa shape index (κ1) is 32.3. The van der Waals surface area contributed by atoms with Crippen molar-refractivity contribution in [1.82, 2.24) is 0 Å². The van der Waals surface area contributed by atoms with Crippen LogP contribution in [0.15, 0.2) is 24.3 Å². The van der Waals surface area contributed by atoms with E-state index in [9.17, 15) is 4.79 Å². The molecule has 0 radical (unpaired) electrons. The molecule has 0 unspecified atom stereocenters. The van der Waals surface area contributed by atoms with Crippen molar-refractivity contribution in [3.63, 3.8) is 0 Å². The summed E-state index contributed by atoms with van der Waals surface area (Å²) in [6, 6.07) is 8.90. The fourth-order valence-corrected chi connectivity index (χ4v) is 10.5. The maximum atomic E-state index is 12.1. The Balaban J connectivity index is 1.21. The highest BCUT2D eigenvalue weighted by molar-refractivity contribution is 5.69. The van der Waals surface area contributed by atoms with Crippen molar-refractivity contribution < 1.29 is 33.2 Å². The third-order valence-electron chi connectivity index (χ3n) is 12.3. The van der Waals surface area contributed by atoms with E-state index in [4.69, 9.17) is 28.4 Å². The highest BCUT2D eigenvalue weighted by Crippen LogP contribution is 2.70. The Hall–Kier alpha value is -1.67. The maximum absolute atomic E-state index is 12.1. The van der Waals surface area contributed by atoms with E-state index in [2.05, 4.69) is 38.1 Å². The topological polar surface area (TPSA) is 72.5 Å². The monoisotopic (exact) mass is 612 g/mol. The average molecular weight is 613 g/mol. The summed E-state index contributed by atoms with van der Waals surface area (Å²) in [5, 5.41) is 0. The van der Waals surface area contributed by atoms with Gasteiger partial charge in [0.15, 0.2) is 5.79 Å². The van der Waals surface area contributed by atoms with E-state index < -0.39 is 5.60 Å². The van der Waals surface area contributed by atoms with Crippen LogP contribution < -0.4 is 4.74 Å². The summed E-state index contributed by atoms with van der Waals surface area (Å²) in [6.45, 7) is 13.2. The minimum Gasteiger partial charge on any atom is -0.494 e. The van der Waals surface area contributed by atoms with E-state index in [0.29, 0.717) is 55.8 Å². The number of ether oxygens (including phenoxy) is 6. The molecule has 8 atom stereocenters. The van der Waals surface area contributed by atoms with Crippen LogP contribution in [0.5, 0.6) is 5.75 Å². The number of esters is 1. The highest BCUT2D eigenvalue weighted by atomic mass is 16.7. The molecule has 7 nitrogen and oxygen atoms in total. The average Bonchev–Trinajstić information content (AvgIpc) is 3.57. The van der Waals surface area contributed by atoms with Gasteiger partial charge in [0.1, 0.15) is 18.1 Å². The summed E-state index contributed by atoms with van der Waals surface area (Å²) >= 11 is 0. The fourth-order valence-electron chi connectivity index (χ4n) is 10.5. The quantitative estimate of drug-likeness (QED) is 0.161. The van der Waals surface area contributed by atoms with Crippen molar-refractivity contribution in [3.05, 3.63) is 29.8 Å². The first-order chi connectivity index (χ1) is 21.0. The third kappa shape index (κ3) is 6.20. The molecule has 1 aromatic carbocycles. The van der Waals surface area contributed by atoms with Crippen molar-refractivity contribution in [2.75, 3.05) is 33.7 Å². The van der Waals surface area contributed by atoms with Gasteiger partial charge in [0.2, 0.25) is 0 Å². The Kier molecular flexibility index (Phi) is 9.17. The molecule has 1 aromatic rings. The van der Waals surface area contributed by atoms with Crippen LogP contribution in [0.2, 0.25) is 0 Å². The number of hydrogen-bond donors (Lipinski definition) is 0. The molecule has 0 N–H and O–H groups in total. The molecule has 5 aliphatic rings. The molecule has 4 aliphatic carbocycles. The van der Waals surface area contributed by atoms with Gasteiger partial charge in [0.05, 0.1) is 25.9 Å². The van der Waals surface area contributed by atoms with E-state index >= 15 is 0 Å². The van der Waals surface area contributed by atoms with Crippen LogP contribution in [0.4, 0.5) is 0 Å². The minimum atomic E-state index is -0.454. The normalized spacial score (nSPS) is 37.7. The van der Waals surface area contributed by atoms with Gasteiger partial charge < -0.3 is 28.4 Å². The van der Waals surface area contributed by atoms with Gasteiger partial charge in [-0.1, -0.05) is 26.0 Å². The molecule has 6 rings (SSSR count). The highest BCUT2D eigenvalue weighted by Gasteiger charge is 2.65. The zero-order chi connectivity index (χ0) is 31.2. The molecule has 7 heteroatoms. The van der Waals surface area contributed by atoms with Crippen molar-refractivity contribution in [1.29, 1.82) is 0 Å². The SMILES string of the molecule is COCO[C@H]1CC[C@H]2[C@@H]3CC[C@H]4CC5(CC[C@]4(C)[C@H]3[C@@H](c3ccc(OCCCC(=O)OC(C)(C)C)cc3)C[C@]12C)OCCO5. The Morgan fingerprint density at radius 2 is 1.70 bits per heavy atom. The van der Waals surface area contributed by atoms with Gasteiger partial charge in [-0.05, 0) is 124 Å². The summed E-state index contributed by atoms with van der Waals surface area (Å²) in [4.78, 5) is 12.1. The number of carbonyl (C=O) groups is 1. The van der Waals surface area contributed by atoms with E-state index in [1.165, 1.54) is 31.2 Å². The van der Waals surface area contributed by atoms with Crippen LogP contribution in [0.1, 0.15) is 110 Å². The van der Waals surface area contributed by atoms with Crippen molar-refractivity contribution in [2.24, 2.45) is 34.5 Å². The van der Waals surface area contributed by atoms with Crippen LogP contribution in [0, 0.1) is 34.5 Å². The molecular formula is C37H56O7. The van der Waals surface area contributed by atoms with Crippen LogP contribution in [-0.2, 0) is 28.5 Å². The lowest BCUT2D eigenvalue weighted by molar-refractivity contribution is -0.234. The number of hydrogen-bond acceptors (Lipinski definition) is 7. The standard InChI is InChI=1S/C37H56O7/c1-34(2,3)44-32(38)8-7-19-40-27-12-9-25(10-13-27)29-23-36(5)30(15-16-31(36)41-24-39-6)28-14-11-26-22-37(42-20-21-43-37)18-17-35(26,4)33(28)29/h9-10,12-13,26,28-31,33H,7-8,11,14-24H2,1-6H3/t26-,28-,29+,30-,31-,33+,35-,36-/m0/s1. The molecule has 0 amide bonds. The van der Waals surface area contributed by atoms with Gasteiger partial charge in [-0.2, -0.15) is 0 Å². The molecule has 1 spiro atoms. The van der Waals surface area contributed by atoms with Gasteiger partial charge in [0, 0.05) is 26.4 Å². The predicted molar refractivity (Wildman–Crippen MR) is 168 cm³/mol. The molecule has 0 aromatic heterocycles. The summed E-state index contributed by atoms with van der Waals surface area (Å²) in [5.41, 5.74) is 1.37. The summed E-state index contributed by atoms with van der Waals surface area (Å²) in [5.74, 6) is 3.43. The number of benzene rings is 1. The molecule has 1 saturated heterocycles. The Morgan fingerprint density at radius 3 is 2.41 bits per heavy atom. The van der Waals surface area contributed by atoms with Gasteiger partial charge in [-0.3, -0.25) is 4.79 Å². The zero-order valence-corrected chi connectivity index (χ0v) is 28.0. The van der Waals surface area contributed by atoms with E-state index in [0.717, 1.165) is 44.6 Å². The zero-order valence-electron chi connectivity index (χ0n) is 28.0. The van der Waals surface area contributed by atoms with Gasteiger partial charge >= 0.3 is 5.97 Å². The lowest BCUT2D eigenvalue weighted by Crippen LogP contribution is -2.58. The number of rotatable bonds is 9. The number of fused-ring (bicyclic) bond motifs is 5. The molecular weight excluding hydrogens is 556 g/mol. The van der Waals surface area contributed by atoms with Crippen LogP contribution in [0.25, 0.3) is 0 Å². The van der Waals surface area contributed by atoms with Crippen LogP contribution in [-0.4, -0.2) is 57.2 Å². The molecule has 5 fully saturated rings. The molecule has 1 heterocycles. The van der Waals surface area contributed by atoms with Crippen molar-refractivity contribution in [3.8, 4) is 5.75 Å². The molecule has 246 valence electrons. The number of carbonyl (C=O) groups excluding carboxylic acids is 1. The van der Waals surface area contributed by atoms with E-state index in [1.807, 2.05) is 20.8 Å². The van der Waals surface area contributed by atoms with Crippen LogP contribution in [0.3, 0.4) is 0 Å². The van der Waals surface area contributed by atoms with E-state index in [-0.39, 0.29) is 28.7 Å². The second-order valence-electron chi connectivity index (χ2n) is 16.0. The predicted octanol–water partition coefficient (Wildman–Crippen LogP) is 7.66. The first-order valence-corrected chi connectivity index (χ1v) is 17.3. The smallest absolute Gasteiger partial charge is 0.306 e. The van der Waals surface area contributed by atoms with E-state index in [1.54, 1.807) is 7.11 Å². The molecule has 0 bridgehead atoms. The Morgan fingerprint density at radius 1 is 0.955 bits per heavy atom. The maximum Gasteiger partial charge on any atom is 0.306 e. The summed E-state index contributed by atoms with van der Waals surface area (Å²) in [6.07, 6.45) is 10.5. The Bertz CT molecular complexity index is 1140. The summed E-state index contributed by atoms with van der Waals surface area (Å²) < 4.78 is 35.8.